The van der Waals surface area contributed by atoms with E-state index in [1.54, 1.807) is 4.90 Å². The largest absolute Gasteiger partial charge is 0.490 e. The Hall–Kier alpha value is -2.44. The van der Waals surface area contributed by atoms with Gasteiger partial charge >= 0.3 is 0 Å². The maximum Gasteiger partial charge on any atom is 0.266 e. The van der Waals surface area contributed by atoms with Crippen LogP contribution in [-0.4, -0.2) is 34.7 Å². The van der Waals surface area contributed by atoms with Gasteiger partial charge in [-0.15, -0.1) is 0 Å². The molecule has 7 heteroatoms. The summed E-state index contributed by atoms with van der Waals surface area (Å²) in [6.45, 7) is 10.9. The van der Waals surface area contributed by atoms with Gasteiger partial charge in [-0.05, 0) is 87.8 Å². The minimum absolute atomic E-state index is 0.0228. The smallest absolute Gasteiger partial charge is 0.266 e. The van der Waals surface area contributed by atoms with Crippen LogP contribution in [0.25, 0.3) is 6.08 Å². The van der Waals surface area contributed by atoms with E-state index in [0.717, 1.165) is 16.3 Å². The Labute approximate surface area is 199 Å². The van der Waals surface area contributed by atoms with Crippen LogP contribution in [0.15, 0.2) is 52.4 Å². The third-order valence-electron chi connectivity index (χ3n) is 4.59. The number of hydrogen-bond acceptors (Lipinski definition) is 5. The summed E-state index contributed by atoms with van der Waals surface area (Å²) in [4.78, 5) is 20.0. The van der Waals surface area contributed by atoms with Crippen LogP contribution in [0.1, 0.15) is 45.7 Å². The highest BCUT2D eigenvalue weighted by Crippen LogP contribution is 2.36. The number of rotatable bonds is 8. The van der Waals surface area contributed by atoms with Crippen molar-refractivity contribution in [2.45, 2.75) is 53.3 Å². The van der Waals surface area contributed by atoms with Gasteiger partial charge < -0.3 is 9.47 Å². The van der Waals surface area contributed by atoms with E-state index in [0.29, 0.717) is 34.6 Å². The third-order valence-corrected chi connectivity index (χ3v) is 5.84. The molecule has 1 aliphatic heterocycles. The first-order valence-electron chi connectivity index (χ1n) is 10.7. The highest BCUT2D eigenvalue weighted by atomic mass is 35.5. The molecule has 0 unspecified atom stereocenters. The molecule has 2 aromatic rings. The second-order valence-corrected chi connectivity index (χ2v) is 9.38. The van der Waals surface area contributed by atoms with Crippen LogP contribution in [0, 0.1) is 0 Å². The summed E-state index contributed by atoms with van der Waals surface area (Å²) in [6, 6.07) is 13.4. The van der Waals surface area contributed by atoms with Crippen LogP contribution in [0.2, 0.25) is 5.02 Å². The molecular formula is C25H29ClN2O3S. The van der Waals surface area contributed by atoms with Gasteiger partial charge in [0, 0.05) is 17.1 Å². The molecule has 2 aromatic carbocycles. The molecule has 1 aliphatic rings. The zero-order valence-electron chi connectivity index (χ0n) is 19.1. The predicted molar refractivity (Wildman–Crippen MR) is 134 cm³/mol. The topological polar surface area (TPSA) is 51.1 Å². The Morgan fingerprint density at radius 3 is 2.41 bits per heavy atom. The Balaban J connectivity index is 1.83. The lowest BCUT2D eigenvalue weighted by Gasteiger charge is -2.20. The number of amides is 1. The predicted octanol–water partition coefficient (Wildman–Crippen LogP) is 6.41. The monoisotopic (exact) mass is 472 g/mol. The number of carbonyl (C=O) groups is 1. The Morgan fingerprint density at radius 1 is 1.06 bits per heavy atom. The van der Waals surface area contributed by atoms with Crippen molar-refractivity contribution < 1.29 is 14.3 Å². The molecule has 32 heavy (non-hydrogen) atoms. The molecule has 1 saturated heterocycles. The fourth-order valence-corrected chi connectivity index (χ4v) is 4.51. The Kier molecular flexibility index (Phi) is 8.26. The van der Waals surface area contributed by atoms with Crippen LogP contribution >= 0.6 is 23.4 Å². The molecule has 0 radical (unpaired) electrons. The third kappa shape index (κ3) is 6.08. The Bertz CT molecular complexity index is 1020. The maximum atomic E-state index is 13.0. The molecule has 3 rings (SSSR count). The average Bonchev–Trinajstić information content (AvgIpc) is 3.03. The van der Waals surface area contributed by atoms with Crippen molar-refractivity contribution in [3.63, 3.8) is 0 Å². The van der Waals surface area contributed by atoms with E-state index >= 15 is 0 Å². The van der Waals surface area contributed by atoms with E-state index in [9.17, 15) is 4.79 Å². The number of hydrogen-bond donors (Lipinski definition) is 0. The summed E-state index contributed by atoms with van der Waals surface area (Å²) in [5, 5.41) is 1.44. The number of thioether (sulfide) groups is 1. The summed E-state index contributed by atoms with van der Waals surface area (Å²) in [5.74, 6) is 1.27. The summed E-state index contributed by atoms with van der Waals surface area (Å²) >= 11 is 7.37. The quantitative estimate of drug-likeness (QED) is 0.417. The highest BCUT2D eigenvalue weighted by Gasteiger charge is 2.35. The minimum atomic E-state index is -0.0228. The van der Waals surface area contributed by atoms with Crippen molar-refractivity contribution in [2.24, 2.45) is 4.99 Å². The molecule has 5 nitrogen and oxygen atoms in total. The lowest BCUT2D eigenvalue weighted by atomic mass is 10.1. The summed E-state index contributed by atoms with van der Waals surface area (Å²) in [6.07, 6.45) is 1.89. The first-order chi connectivity index (χ1) is 15.3. The fourth-order valence-electron chi connectivity index (χ4n) is 3.15. The zero-order chi connectivity index (χ0) is 23.3. The summed E-state index contributed by atoms with van der Waals surface area (Å²) < 4.78 is 11.8. The number of nitrogens with zero attached hydrogens (tertiary/aromatic N) is 2. The first-order valence-corrected chi connectivity index (χ1v) is 11.9. The number of aliphatic imine (C=N–C) groups is 1. The van der Waals surface area contributed by atoms with Crippen molar-refractivity contribution in [1.82, 2.24) is 4.90 Å². The second kappa shape index (κ2) is 10.9. The molecule has 0 N–H and O–H groups in total. The van der Waals surface area contributed by atoms with Gasteiger partial charge in [-0.3, -0.25) is 14.7 Å². The molecule has 0 spiro atoms. The van der Waals surface area contributed by atoms with Crippen LogP contribution in [0.4, 0.5) is 0 Å². The molecule has 1 heterocycles. The number of carbonyl (C=O) groups excluding carboxylic acids is 1. The molecule has 1 fully saturated rings. The molecule has 0 aromatic heterocycles. The maximum absolute atomic E-state index is 13.0. The van der Waals surface area contributed by atoms with Gasteiger partial charge in [0.1, 0.15) is 6.61 Å². The molecule has 1 amide bonds. The SMILES string of the molecule is CCOc1cc(/C=C2/SC(=NC(C)C)N(C(C)C)C2=O)ccc1OCc1ccc(Cl)cc1. The van der Waals surface area contributed by atoms with Crippen molar-refractivity contribution in [3.05, 3.63) is 63.5 Å². The van der Waals surface area contributed by atoms with E-state index in [1.807, 2.05) is 83.2 Å². The highest BCUT2D eigenvalue weighted by molar-refractivity contribution is 8.18. The van der Waals surface area contributed by atoms with E-state index in [1.165, 1.54) is 11.8 Å². The van der Waals surface area contributed by atoms with E-state index in [4.69, 9.17) is 21.1 Å². The molecule has 0 aliphatic carbocycles. The number of ether oxygens (including phenoxy) is 2. The van der Waals surface area contributed by atoms with Gasteiger partial charge in [0.25, 0.3) is 5.91 Å². The van der Waals surface area contributed by atoms with Gasteiger partial charge in [0.05, 0.1) is 11.5 Å². The number of benzene rings is 2. The van der Waals surface area contributed by atoms with Crippen LogP contribution < -0.4 is 9.47 Å². The van der Waals surface area contributed by atoms with Crippen molar-refractivity contribution >= 4 is 40.5 Å². The normalized spacial score (nSPS) is 16.6. The second-order valence-electron chi connectivity index (χ2n) is 7.94. The van der Waals surface area contributed by atoms with Crippen molar-refractivity contribution in [1.29, 1.82) is 0 Å². The molecule has 0 atom stereocenters. The van der Waals surface area contributed by atoms with Gasteiger partial charge in [-0.25, -0.2) is 0 Å². The van der Waals surface area contributed by atoms with Gasteiger partial charge in [-0.2, -0.15) is 0 Å². The van der Waals surface area contributed by atoms with Crippen LogP contribution in [-0.2, 0) is 11.4 Å². The first kappa shape index (κ1) is 24.2. The molecule has 170 valence electrons. The van der Waals surface area contributed by atoms with Gasteiger partial charge in [0.2, 0.25) is 0 Å². The van der Waals surface area contributed by atoms with E-state index < -0.39 is 0 Å². The minimum Gasteiger partial charge on any atom is -0.490 e. The van der Waals surface area contributed by atoms with E-state index in [2.05, 4.69) is 4.99 Å². The molecular weight excluding hydrogens is 444 g/mol. The summed E-state index contributed by atoms with van der Waals surface area (Å²) in [7, 11) is 0. The number of amidine groups is 1. The summed E-state index contributed by atoms with van der Waals surface area (Å²) in [5.41, 5.74) is 1.89. The Morgan fingerprint density at radius 2 is 1.78 bits per heavy atom. The van der Waals surface area contributed by atoms with Crippen LogP contribution in [0.3, 0.4) is 0 Å². The molecule has 0 bridgehead atoms. The molecule has 0 saturated carbocycles. The van der Waals surface area contributed by atoms with Crippen molar-refractivity contribution in [2.75, 3.05) is 6.61 Å². The zero-order valence-corrected chi connectivity index (χ0v) is 20.7. The van der Waals surface area contributed by atoms with Crippen molar-refractivity contribution in [3.8, 4) is 11.5 Å². The average molecular weight is 473 g/mol. The standard InChI is InChI=1S/C25H29ClN2O3S/c1-6-30-22-13-19(9-12-21(22)31-15-18-7-10-20(26)11-8-18)14-23-24(29)28(17(4)5)25(32-23)27-16(2)3/h7-14,16-17H,6,15H2,1-5H3/b23-14+,27-25?. The number of halogens is 1. The lowest BCUT2D eigenvalue weighted by molar-refractivity contribution is -0.123. The van der Waals surface area contributed by atoms with E-state index in [-0.39, 0.29) is 18.0 Å². The lowest BCUT2D eigenvalue weighted by Crippen LogP contribution is -2.35. The van der Waals surface area contributed by atoms with Crippen LogP contribution in [0.5, 0.6) is 11.5 Å². The fraction of sp³-hybridized carbons (Fsp3) is 0.360. The van der Waals surface area contributed by atoms with Gasteiger partial charge in [-0.1, -0.05) is 29.8 Å². The van der Waals surface area contributed by atoms with Gasteiger partial charge in [0.15, 0.2) is 16.7 Å².